The molecule has 118 valence electrons. The number of benzene rings is 1. The van der Waals surface area contributed by atoms with E-state index in [0.717, 1.165) is 39.5 Å². The predicted molar refractivity (Wildman–Crippen MR) is 89.4 cm³/mol. The first-order chi connectivity index (χ1) is 11.4. The zero-order valence-corrected chi connectivity index (χ0v) is 13.1. The average Bonchev–Trinajstić information content (AvgIpc) is 3.14. The van der Waals surface area contributed by atoms with Crippen LogP contribution >= 0.6 is 11.8 Å². The number of ether oxygens (including phenoxy) is 2. The molecule has 0 atom stereocenters. The van der Waals surface area contributed by atoms with Gasteiger partial charge in [-0.1, -0.05) is 11.8 Å². The van der Waals surface area contributed by atoms with Gasteiger partial charge in [0, 0.05) is 11.3 Å². The highest BCUT2D eigenvalue weighted by molar-refractivity contribution is 8.14. The Bertz CT molecular complexity index is 756. The topological polar surface area (TPSA) is 68.4 Å². The second kappa shape index (κ2) is 6.37. The highest BCUT2D eigenvalue weighted by Gasteiger charge is 2.17. The summed E-state index contributed by atoms with van der Waals surface area (Å²) >= 11 is 1.62. The Balaban J connectivity index is 1.46. The zero-order chi connectivity index (χ0) is 15.5. The molecule has 2 aromatic rings. The molecular weight excluding hydrogens is 314 g/mol. The minimum absolute atomic E-state index is 0.511. The predicted octanol–water partition coefficient (Wildman–Crippen LogP) is 2.65. The summed E-state index contributed by atoms with van der Waals surface area (Å²) < 4.78 is 16.4. The fraction of sp³-hybridized carbons (Fsp3) is 0.250. The van der Waals surface area contributed by atoms with Gasteiger partial charge in [0.1, 0.15) is 19.0 Å². The summed E-state index contributed by atoms with van der Waals surface area (Å²) in [5.41, 5.74) is 4.99. The SMILES string of the molecule is c1coc(CN=C2NN=C(c3ccc4c(c3)OCCO4)CS2)c1. The van der Waals surface area contributed by atoms with Gasteiger partial charge in [-0.3, -0.25) is 10.4 Å². The second-order valence-corrected chi connectivity index (χ2v) is 5.98. The normalized spacial score (nSPS) is 18.4. The van der Waals surface area contributed by atoms with E-state index in [0.29, 0.717) is 19.8 Å². The van der Waals surface area contributed by atoms with Crippen molar-refractivity contribution in [2.75, 3.05) is 19.0 Å². The first-order valence-electron chi connectivity index (χ1n) is 7.31. The summed E-state index contributed by atoms with van der Waals surface area (Å²) in [6.07, 6.45) is 1.65. The van der Waals surface area contributed by atoms with Gasteiger partial charge in [-0.05, 0) is 30.3 Å². The average molecular weight is 329 g/mol. The number of hydrogen-bond acceptors (Lipinski definition) is 6. The van der Waals surface area contributed by atoms with Crippen molar-refractivity contribution in [3.8, 4) is 11.5 Å². The molecule has 0 fully saturated rings. The molecule has 0 spiro atoms. The highest BCUT2D eigenvalue weighted by atomic mass is 32.2. The van der Waals surface area contributed by atoms with Crippen molar-refractivity contribution in [3.05, 3.63) is 47.9 Å². The lowest BCUT2D eigenvalue weighted by Gasteiger charge is -2.20. The van der Waals surface area contributed by atoms with Gasteiger partial charge in [-0.15, -0.1) is 0 Å². The van der Waals surface area contributed by atoms with E-state index in [2.05, 4.69) is 15.5 Å². The van der Waals surface area contributed by atoms with Crippen LogP contribution in [0.1, 0.15) is 11.3 Å². The maximum absolute atomic E-state index is 5.61. The Hall–Kier alpha value is -2.41. The molecule has 0 aliphatic carbocycles. The summed E-state index contributed by atoms with van der Waals surface area (Å²) in [5, 5.41) is 5.21. The third kappa shape index (κ3) is 3.19. The van der Waals surface area contributed by atoms with E-state index in [4.69, 9.17) is 13.9 Å². The number of aliphatic imine (C=N–C) groups is 1. The van der Waals surface area contributed by atoms with E-state index in [-0.39, 0.29) is 0 Å². The Morgan fingerprint density at radius 1 is 1.17 bits per heavy atom. The Kier molecular flexibility index (Phi) is 3.94. The molecule has 1 aromatic carbocycles. The molecule has 23 heavy (non-hydrogen) atoms. The van der Waals surface area contributed by atoms with Crippen molar-refractivity contribution < 1.29 is 13.9 Å². The van der Waals surface area contributed by atoms with E-state index < -0.39 is 0 Å². The molecule has 0 radical (unpaired) electrons. The van der Waals surface area contributed by atoms with Crippen molar-refractivity contribution in [2.24, 2.45) is 10.1 Å². The van der Waals surface area contributed by atoms with Crippen LogP contribution in [0.4, 0.5) is 0 Å². The Morgan fingerprint density at radius 2 is 2.09 bits per heavy atom. The lowest BCUT2D eigenvalue weighted by atomic mass is 10.1. The fourth-order valence-electron chi connectivity index (χ4n) is 2.32. The van der Waals surface area contributed by atoms with Crippen LogP contribution in [0.2, 0.25) is 0 Å². The minimum Gasteiger partial charge on any atom is -0.486 e. The first kappa shape index (κ1) is 14.2. The van der Waals surface area contributed by atoms with Gasteiger partial charge in [-0.25, -0.2) is 0 Å². The third-order valence-corrected chi connectivity index (χ3v) is 4.38. The fourth-order valence-corrected chi connectivity index (χ4v) is 3.09. The number of hydrazone groups is 1. The number of amidine groups is 1. The molecular formula is C16H15N3O3S. The maximum Gasteiger partial charge on any atom is 0.177 e. The van der Waals surface area contributed by atoms with Crippen LogP contribution < -0.4 is 14.9 Å². The highest BCUT2D eigenvalue weighted by Crippen LogP contribution is 2.31. The van der Waals surface area contributed by atoms with Gasteiger partial charge in [0.2, 0.25) is 0 Å². The van der Waals surface area contributed by atoms with Crippen molar-refractivity contribution in [1.82, 2.24) is 5.43 Å². The van der Waals surface area contributed by atoms with Crippen LogP contribution in [-0.2, 0) is 6.54 Å². The molecule has 2 aliphatic rings. The van der Waals surface area contributed by atoms with Gasteiger partial charge in [0.25, 0.3) is 0 Å². The van der Waals surface area contributed by atoms with Gasteiger partial charge in [0.15, 0.2) is 16.7 Å². The number of rotatable bonds is 3. The molecule has 3 heterocycles. The van der Waals surface area contributed by atoms with Crippen LogP contribution in [0.15, 0.2) is 51.1 Å². The standard InChI is InChI=1S/C16H15N3O3S/c1-2-12(20-5-1)9-17-16-19-18-13(10-23-16)11-3-4-14-15(8-11)22-7-6-21-14/h1-5,8H,6-7,9-10H2,(H,17,19). The molecule has 0 bridgehead atoms. The minimum atomic E-state index is 0.511. The summed E-state index contributed by atoms with van der Waals surface area (Å²) in [5.74, 6) is 3.15. The van der Waals surface area contributed by atoms with Gasteiger partial charge in [-0.2, -0.15) is 5.10 Å². The summed E-state index contributed by atoms with van der Waals surface area (Å²) in [7, 11) is 0. The van der Waals surface area contributed by atoms with E-state index in [1.54, 1.807) is 18.0 Å². The largest absolute Gasteiger partial charge is 0.486 e. The van der Waals surface area contributed by atoms with Gasteiger partial charge < -0.3 is 13.9 Å². The number of hydrogen-bond donors (Lipinski definition) is 1. The number of furan rings is 1. The molecule has 0 unspecified atom stereocenters. The van der Waals surface area contributed by atoms with Gasteiger partial charge in [0.05, 0.1) is 18.5 Å². The molecule has 6 nitrogen and oxygen atoms in total. The van der Waals surface area contributed by atoms with Crippen LogP contribution in [0.5, 0.6) is 11.5 Å². The summed E-state index contributed by atoms with van der Waals surface area (Å²) in [6, 6.07) is 9.66. The first-order valence-corrected chi connectivity index (χ1v) is 8.29. The van der Waals surface area contributed by atoms with E-state index in [1.165, 1.54) is 0 Å². The lowest BCUT2D eigenvalue weighted by Crippen LogP contribution is -2.25. The smallest absolute Gasteiger partial charge is 0.177 e. The number of nitrogens with one attached hydrogen (secondary N) is 1. The molecule has 1 aromatic heterocycles. The number of fused-ring (bicyclic) bond motifs is 1. The second-order valence-electron chi connectivity index (χ2n) is 5.02. The third-order valence-electron chi connectivity index (χ3n) is 3.47. The maximum atomic E-state index is 5.61. The zero-order valence-electron chi connectivity index (χ0n) is 12.3. The van der Waals surface area contributed by atoms with E-state index in [9.17, 15) is 0 Å². The van der Waals surface area contributed by atoms with E-state index >= 15 is 0 Å². The lowest BCUT2D eigenvalue weighted by molar-refractivity contribution is 0.171. The number of thioether (sulfide) groups is 1. The molecule has 0 saturated carbocycles. The van der Waals surface area contributed by atoms with Crippen LogP contribution in [0, 0.1) is 0 Å². The molecule has 0 amide bonds. The van der Waals surface area contributed by atoms with Crippen molar-refractivity contribution >= 4 is 22.6 Å². The van der Waals surface area contributed by atoms with Crippen molar-refractivity contribution in [3.63, 3.8) is 0 Å². The molecule has 7 heteroatoms. The molecule has 2 aliphatic heterocycles. The molecule has 4 rings (SSSR count). The van der Waals surface area contributed by atoms with Crippen molar-refractivity contribution in [1.29, 1.82) is 0 Å². The van der Waals surface area contributed by atoms with Crippen LogP contribution in [0.3, 0.4) is 0 Å². The molecule has 0 saturated heterocycles. The summed E-state index contributed by atoms with van der Waals surface area (Å²) in [6.45, 7) is 1.69. The Labute approximate surface area is 137 Å². The summed E-state index contributed by atoms with van der Waals surface area (Å²) in [4.78, 5) is 4.45. The van der Waals surface area contributed by atoms with E-state index in [1.807, 2.05) is 30.3 Å². The quantitative estimate of drug-likeness (QED) is 0.937. The van der Waals surface area contributed by atoms with Crippen LogP contribution in [-0.4, -0.2) is 29.8 Å². The Morgan fingerprint density at radius 3 is 2.87 bits per heavy atom. The van der Waals surface area contributed by atoms with Crippen molar-refractivity contribution in [2.45, 2.75) is 6.54 Å². The number of nitrogens with zero attached hydrogens (tertiary/aromatic N) is 2. The van der Waals surface area contributed by atoms with Crippen LogP contribution in [0.25, 0.3) is 0 Å². The monoisotopic (exact) mass is 329 g/mol. The molecule has 1 N–H and O–H groups in total. The van der Waals surface area contributed by atoms with Gasteiger partial charge >= 0.3 is 0 Å².